The van der Waals surface area contributed by atoms with Gasteiger partial charge in [-0.3, -0.25) is 4.39 Å². The fourth-order valence-electron chi connectivity index (χ4n) is 1.48. The molecule has 0 aliphatic heterocycles. The number of benzene rings is 1. The first kappa shape index (κ1) is 16.0. The number of ether oxygens (including phenoxy) is 2. The molecule has 98 valence electrons. The molecule has 1 aromatic rings. The van der Waals surface area contributed by atoms with Crippen LogP contribution in [0.2, 0.25) is 0 Å². The zero-order chi connectivity index (χ0) is 12.0. The van der Waals surface area contributed by atoms with Crippen molar-refractivity contribution in [3.05, 3.63) is 23.8 Å². The summed E-state index contributed by atoms with van der Waals surface area (Å²) in [7, 11) is 1.58. The Labute approximate surface area is 108 Å². The Hall–Kier alpha value is -1.00. The van der Waals surface area contributed by atoms with Gasteiger partial charge in [0.15, 0.2) is 11.5 Å². The number of alkyl halides is 1. The minimum atomic E-state index is -0.419. The molecule has 0 saturated carbocycles. The van der Waals surface area contributed by atoms with Gasteiger partial charge in [0.1, 0.15) is 0 Å². The molecule has 0 aromatic heterocycles. The van der Waals surface area contributed by atoms with E-state index in [2.05, 4.69) is 0 Å². The van der Waals surface area contributed by atoms with Gasteiger partial charge in [-0.2, -0.15) is 0 Å². The van der Waals surface area contributed by atoms with Crippen LogP contribution in [0.25, 0.3) is 0 Å². The third kappa shape index (κ3) is 4.40. The maximum atomic E-state index is 12.2. The standard InChI is InChI=1S/C12H18FNO2.ClH/c1-3-16-12-8-9(10(14)6-7-13)4-5-11(12)15-2;/h4-5,8,10H,3,6-7,14H2,1-2H3;1H/t10-;/m0./s1. The lowest BCUT2D eigenvalue weighted by Gasteiger charge is -2.14. The molecule has 0 saturated heterocycles. The Bertz CT molecular complexity index is 336. The summed E-state index contributed by atoms with van der Waals surface area (Å²) in [5.74, 6) is 1.31. The molecule has 0 aliphatic rings. The van der Waals surface area contributed by atoms with Crippen molar-refractivity contribution in [3.63, 3.8) is 0 Å². The van der Waals surface area contributed by atoms with Crippen LogP contribution in [-0.2, 0) is 0 Å². The summed E-state index contributed by atoms with van der Waals surface area (Å²) in [6, 6.07) is 5.14. The molecule has 3 nitrogen and oxygen atoms in total. The maximum absolute atomic E-state index is 12.2. The number of nitrogens with two attached hydrogens (primary N) is 1. The molecule has 0 aliphatic carbocycles. The molecule has 0 bridgehead atoms. The summed E-state index contributed by atoms with van der Waals surface area (Å²) >= 11 is 0. The van der Waals surface area contributed by atoms with Gasteiger partial charge in [0.25, 0.3) is 0 Å². The van der Waals surface area contributed by atoms with Gasteiger partial charge < -0.3 is 15.2 Å². The predicted molar refractivity (Wildman–Crippen MR) is 68.9 cm³/mol. The van der Waals surface area contributed by atoms with Crippen LogP contribution in [0.4, 0.5) is 4.39 Å². The minimum absolute atomic E-state index is 0. The minimum Gasteiger partial charge on any atom is -0.493 e. The average Bonchev–Trinajstić information content (AvgIpc) is 2.29. The lowest BCUT2D eigenvalue weighted by atomic mass is 10.0. The summed E-state index contributed by atoms with van der Waals surface area (Å²) < 4.78 is 22.8. The topological polar surface area (TPSA) is 44.5 Å². The predicted octanol–water partition coefficient (Wildman–Crippen LogP) is 2.88. The summed E-state index contributed by atoms with van der Waals surface area (Å²) in [4.78, 5) is 0. The smallest absolute Gasteiger partial charge is 0.161 e. The number of rotatable bonds is 6. The highest BCUT2D eigenvalue weighted by atomic mass is 35.5. The SMILES string of the molecule is CCOc1cc([C@@H](N)CCF)ccc1OC.Cl. The third-order valence-electron chi connectivity index (χ3n) is 2.34. The normalized spacial score (nSPS) is 11.5. The Balaban J connectivity index is 0.00000256. The van der Waals surface area contributed by atoms with Gasteiger partial charge in [-0.15, -0.1) is 12.4 Å². The van der Waals surface area contributed by atoms with Gasteiger partial charge in [-0.25, -0.2) is 0 Å². The Kier molecular flexibility index (Phi) is 7.66. The largest absolute Gasteiger partial charge is 0.493 e. The number of halogens is 2. The van der Waals surface area contributed by atoms with E-state index in [1.165, 1.54) is 0 Å². The van der Waals surface area contributed by atoms with Gasteiger partial charge >= 0.3 is 0 Å². The second-order valence-corrected chi connectivity index (χ2v) is 3.43. The summed E-state index contributed by atoms with van der Waals surface area (Å²) in [6.45, 7) is 2.03. The van der Waals surface area contributed by atoms with Gasteiger partial charge in [-0.05, 0) is 31.0 Å². The van der Waals surface area contributed by atoms with E-state index in [9.17, 15) is 4.39 Å². The van der Waals surface area contributed by atoms with E-state index in [0.29, 0.717) is 24.5 Å². The highest BCUT2D eigenvalue weighted by Gasteiger charge is 2.10. The van der Waals surface area contributed by atoms with E-state index in [-0.39, 0.29) is 18.4 Å². The van der Waals surface area contributed by atoms with E-state index in [4.69, 9.17) is 15.2 Å². The zero-order valence-corrected chi connectivity index (χ0v) is 10.9. The van der Waals surface area contributed by atoms with Crippen LogP contribution in [-0.4, -0.2) is 20.4 Å². The average molecular weight is 264 g/mol. The van der Waals surface area contributed by atoms with Gasteiger partial charge in [-0.1, -0.05) is 6.07 Å². The summed E-state index contributed by atoms with van der Waals surface area (Å²) in [5, 5.41) is 0. The third-order valence-corrected chi connectivity index (χ3v) is 2.34. The fourth-order valence-corrected chi connectivity index (χ4v) is 1.48. The van der Waals surface area contributed by atoms with E-state index >= 15 is 0 Å². The Morgan fingerprint density at radius 2 is 2.06 bits per heavy atom. The molecule has 1 rings (SSSR count). The van der Waals surface area contributed by atoms with E-state index < -0.39 is 6.67 Å². The second-order valence-electron chi connectivity index (χ2n) is 3.43. The van der Waals surface area contributed by atoms with Crippen LogP contribution in [0.1, 0.15) is 24.9 Å². The highest BCUT2D eigenvalue weighted by Crippen LogP contribution is 2.30. The van der Waals surface area contributed by atoms with Crippen molar-refractivity contribution in [2.75, 3.05) is 20.4 Å². The van der Waals surface area contributed by atoms with Crippen molar-refractivity contribution in [2.45, 2.75) is 19.4 Å². The molecule has 0 spiro atoms. The zero-order valence-electron chi connectivity index (χ0n) is 10.1. The van der Waals surface area contributed by atoms with Crippen LogP contribution in [0.5, 0.6) is 11.5 Å². The van der Waals surface area contributed by atoms with Crippen LogP contribution in [0.3, 0.4) is 0 Å². The molecule has 0 radical (unpaired) electrons. The molecule has 2 N–H and O–H groups in total. The van der Waals surface area contributed by atoms with Crippen molar-refractivity contribution in [1.29, 1.82) is 0 Å². The highest BCUT2D eigenvalue weighted by molar-refractivity contribution is 5.85. The van der Waals surface area contributed by atoms with Crippen molar-refractivity contribution in [2.24, 2.45) is 5.73 Å². The second kappa shape index (κ2) is 8.14. The molecule has 0 amide bonds. The quantitative estimate of drug-likeness (QED) is 0.858. The van der Waals surface area contributed by atoms with Crippen molar-refractivity contribution < 1.29 is 13.9 Å². The first-order valence-electron chi connectivity index (χ1n) is 5.35. The molecule has 1 aromatic carbocycles. The molecular weight excluding hydrogens is 245 g/mol. The maximum Gasteiger partial charge on any atom is 0.161 e. The van der Waals surface area contributed by atoms with Crippen molar-refractivity contribution >= 4 is 12.4 Å². The fraction of sp³-hybridized carbons (Fsp3) is 0.500. The van der Waals surface area contributed by atoms with Gasteiger partial charge in [0.05, 0.1) is 20.4 Å². The lowest BCUT2D eigenvalue weighted by molar-refractivity contribution is 0.310. The van der Waals surface area contributed by atoms with E-state index in [1.54, 1.807) is 13.2 Å². The number of methoxy groups -OCH3 is 1. The van der Waals surface area contributed by atoms with Crippen LogP contribution in [0, 0.1) is 0 Å². The van der Waals surface area contributed by atoms with E-state index in [0.717, 1.165) is 5.56 Å². The molecule has 17 heavy (non-hydrogen) atoms. The molecule has 0 heterocycles. The summed E-state index contributed by atoms with van der Waals surface area (Å²) in [5.41, 5.74) is 6.69. The van der Waals surface area contributed by atoms with Crippen molar-refractivity contribution in [3.8, 4) is 11.5 Å². The van der Waals surface area contributed by atoms with Crippen LogP contribution in [0.15, 0.2) is 18.2 Å². The van der Waals surface area contributed by atoms with Crippen LogP contribution < -0.4 is 15.2 Å². The molecular formula is C12H19ClFNO2. The van der Waals surface area contributed by atoms with Gasteiger partial charge in [0.2, 0.25) is 0 Å². The van der Waals surface area contributed by atoms with Crippen molar-refractivity contribution in [1.82, 2.24) is 0 Å². The molecule has 0 fully saturated rings. The Morgan fingerprint density at radius 1 is 1.35 bits per heavy atom. The molecule has 0 unspecified atom stereocenters. The molecule has 5 heteroatoms. The first-order chi connectivity index (χ1) is 7.72. The van der Waals surface area contributed by atoms with Crippen LogP contribution >= 0.6 is 12.4 Å². The van der Waals surface area contributed by atoms with E-state index in [1.807, 2.05) is 19.1 Å². The lowest BCUT2D eigenvalue weighted by Crippen LogP contribution is -2.11. The molecule has 1 atom stereocenters. The monoisotopic (exact) mass is 263 g/mol. The first-order valence-corrected chi connectivity index (χ1v) is 5.35. The Morgan fingerprint density at radius 3 is 2.59 bits per heavy atom. The van der Waals surface area contributed by atoms with Gasteiger partial charge in [0, 0.05) is 6.04 Å². The summed E-state index contributed by atoms with van der Waals surface area (Å²) in [6.07, 6.45) is 0.317. The number of hydrogen-bond donors (Lipinski definition) is 1. The number of hydrogen-bond acceptors (Lipinski definition) is 3.